The monoisotopic (exact) mass is 438 g/mol. The molecule has 5 aromatic carbocycles. The topological polar surface area (TPSA) is 17.8 Å². The lowest BCUT2D eigenvalue weighted by atomic mass is 9.94. The fourth-order valence-electron chi connectivity index (χ4n) is 5.72. The Morgan fingerprint density at radius 2 is 1.42 bits per heavy atom. The lowest BCUT2D eigenvalue weighted by molar-refractivity contribution is 0.963. The van der Waals surface area contributed by atoms with Crippen molar-refractivity contribution in [2.45, 2.75) is 16.7 Å². The highest BCUT2D eigenvalue weighted by molar-refractivity contribution is 7.99. The SMILES string of the molecule is Cc1nc2cccc3c2n1-c1ccc(-c2ccc4c5c(cccc25)-c2ccccc2-4)cc1S3. The van der Waals surface area contributed by atoms with Crippen molar-refractivity contribution >= 4 is 33.6 Å². The van der Waals surface area contributed by atoms with Crippen LogP contribution in [-0.4, -0.2) is 9.55 Å². The fourth-order valence-corrected chi connectivity index (χ4v) is 6.84. The molecule has 1 aliphatic heterocycles. The van der Waals surface area contributed by atoms with Crippen LogP contribution in [0.15, 0.2) is 101 Å². The van der Waals surface area contributed by atoms with E-state index in [-0.39, 0.29) is 0 Å². The maximum absolute atomic E-state index is 4.80. The Morgan fingerprint density at radius 1 is 0.667 bits per heavy atom. The van der Waals surface area contributed by atoms with Crippen molar-refractivity contribution < 1.29 is 0 Å². The van der Waals surface area contributed by atoms with Crippen LogP contribution in [0, 0.1) is 6.92 Å². The zero-order valence-electron chi connectivity index (χ0n) is 18.0. The molecule has 0 radical (unpaired) electrons. The highest BCUT2D eigenvalue weighted by Gasteiger charge is 2.24. The van der Waals surface area contributed by atoms with Gasteiger partial charge in [0.25, 0.3) is 0 Å². The van der Waals surface area contributed by atoms with Crippen molar-refractivity contribution in [2.24, 2.45) is 0 Å². The summed E-state index contributed by atoms with van der Waals surface area (Å²) < 4.78 is 2.31. The molecule has 2 aliphatic rings. The normalized spacial score (nSPS) is 12.9. The van der Waals surface area contributed by atoms with Crippen molar-refractivity contribution in [3.63, 3.8) is 0 Å². The number of para-hydroxylation sites is 1. The van der Waals surface area contributed by atoms with Crippen LogP contribution in [-0.2, 0) is 0 Å². The third-order valence-electron chi connectivity index (χ3n) is 7.09. The molecule has 0 amide bonds. The van der Waals surface area contributed by atoms with E-state index in [9.17, 15) is 0 Å². The molecule has 8 rings (SSSR count). The summed E-state index contributed by atoms with van der Waals surface area (Å²) in [4.78, 5) is 7.35. The van der Waals surface area contributed by atoms with Crippen molar-refractivity contribution in [3.05, 3.63) is 96.8 Å². The molecule has 0 atom stereocenters. The van der Waals surface area contributed by atoms with Crippen LogP contribution >= 0.6 is 11.8 Å². The van der Waals surface area contributed by atoms with E-state index in [0.717, 1.165) is 11.3 Å². The van der Waals surface area contributed by atoms with Crippen molar-refractivity contribution in [1.29, 1.82) is 0 Å². The van der Waals surface area contributed by atoms with Crippen molar-refractivity contribution in [3.8, 4) is 39.1 Å². The summed E-state index contributed by atoms with van der Waals surface area (Å²) in [6.07, 6.45) is 0. The molecule has 154 valence electrons. The number of benzene rings is 5. The Kier molecular flexibility index (Phi) is 3.30. The zero-order chi connectivity index (χ0) is 21.7. The standard InChI is InChI=1S/C30H18N2S/c1-17-31-25-10-5-11-27-30(25)32(17)26-15-12-18(16-28(26)33-27)19-13-14-24-21-7-3-2-6-20(21)23-9-4-8-22(19)29(23)24/h2-16H,1H3. The molecular weight excluding hydrogens is 420 g/mol. The van der Waals surface area contributed by atoms with Gasteiger partial charge in [-0.1, -0.05) is 78.5 Å². The number of nitrogens with zero attached hydrogens (tertiary/aromatic N) is 2. The Morgan fingerprint density at radius 3 is 2.30 bits per heavy atom. The maximum Gasteiger partial charge on any atom is 0.111 e. The summed E-state index contributed by atoms with van der Waals surface area (Å²) >= 11 is 1.85. The number of hydrogen-bond acceptors (Lipinski definition) is 2. The van der Waals surface area contributed by atoms with Crippen LogP contribution in [0.4, 0.5) is 0 Å². The second kappa shape index (κ2) is 6.15. The van der Waals surface area contributed by atoms with Crippen LogP contribution in [0.3, 0.4) is 0 Å². The molecule has 33 heavy (non-hydrogen) atoms. The van der Waals surface area contributed by atoms with E-state index in [4.69, 9.17) is 4.98 Å². The van der Waals surface area contributed by atoms with Crippen molar-refractivity contribution in [1.82, 2.24) is 9.55 Å². The van der Waals surface area contributed by atoms with Gasteiger partial charge in [0.15, 0.2) is 0 Å². The lowest BCUT2D eigenvalue weighted by Gasteiger charge is -2.20. The first-order chi connectivity index (χ1) is 16.3. The smallest absolute Gasteiger partial charge is 0.111 e. The van der Waals surface area contributed by atoms with E-state index in [1.165, 1.54) is 65.1 Å². The third-order valence-corrected chi connectivity index (χ3v) is 8.18. The number of fused-ring (bicyclic) bond motifs is 5. The van der Waals surface area contributed by atoms with Gasteiger partial charge in [-0.2, -0.15) is 0 Å². The van der Waals surface area contributed by atoms with Gasteiger partial charge in [-0.05, 0) is 75.3 Å². The van der Waals surface area contributed by atoms with Crippen LogP contribution in [0.2, 0.25) is 0 Å². The minimum atomic E-state index is 1.04. The molecule has 3 heteroatoms. The first-order valence-electron chi connectivity index (χ1n) is 11.2. The van der Waals surface area contributed by atoms with E-state index in [1.54, 1.807) is 0 Å². The Labute approximate surface area is 195 Å². The molecule has 1 aliphatic carbocycles. The predicted octanol–water partition coefficient (Wildman–Crippen LogP) is 8.27. The summed E-state index contributed by atoms with van der Waals surface area (Å²) in [5.74, 6) is 1.04. The number of rotatable bonds is 1. The van der Waals surface area contributed by atoms with Crippen molar-refractivity contribution in [2.75, 3.05) is 0 Å². The van der Waals surface area contributed by atoms with Crippen LogP contribution in [0.5, 0.6) is 0 Å². The van der Waals surface area contributed by atoms with Gasteiger partial charge in [0.2, 0.25) is 0 Å². The van der Waals surface area contributed by atoms with E-state index in [0.29, 0.717) is 0 Å². The van der Waals surface area contributed by atoms with Gasteiger partial charge in [0, 0.05) is 9.79 Å². The van der Waals surface area contributed by atoms with E-state index in [2.05, 4.69) is 102 Å². The first kappa shape index (κ1) is 17.7. The third kappa shape index (κ3) is 2.22. The Balaban J connectivity index is 1.36. The second-order valence-electron chi connectivity index (χ2n) is 8.84. The molecule has 0 bridgehead atoms. The molecule has 0 saturated carbocycles. The zero-order valence-corrected chi connectivity index (χ0v) is 18.8. The molecule has 0 N–H and O–H groups in total. The summed E-state index contributed by atoms with van der Waals surface area (Å²) in [5.41, 5.74) is 11.4. The summed E-state index contributed by atoms with van der Waals surface area (Å²) in [5, 5.41) is 2.70. The number of aromatic nitrogens is 2. The summed E-state index contributed by atoms with van der Waals surface area (Å²) in [7, 11) is 0. The number of hydrogen-bond donors (Lipinski definition) is 0. The Hall–Kier alpha value is -3.82. The molecular formula is C30H18N2S. The van der Waals surface area contributed by atoms with Crippen LogP contribution < -0.4 is 0 Å². The number of aryl methyl sites for hydroxylation is 1. The average molecular weight is 439 g/mol. The van der Waals surface area contributed by atoms with Gasteiger partial charge >= 0.3 is 0 Å². The summed E-state index contributed by atoms with van der Waals surface area (Å²) in [6.45, 7) is 2.10. The second-order valence-corrected chi connectivity index (χ2v) is 9.92. The van der Waals surface area contributed by atoms with Gasteiger partial charge in [0.1, 0.15) is 5.82 Å². The lowest BCUT2D eigenvalue weighted by Crippen LogP contribution is -2.03. The van der Waals surface area contributed by atoms with E-state index >= 15 is 0 Å². The summed E-state index contributed by atoms with van der Waals surface area (Å²) in [6, 6.07) is 33.4. The van der Waals surface area contributed by atoms with E-state index in [1.807, 2.05) is 11.8 Å². The van der Waals surface area contributed by atoms with Gasteiger partial charge in [-0.3, -0.25) is 4.57 Å². The maximum atomic E-state index is 4.80. The molecule has 2 nitrogen and oxygen atoms in total. The molecule has 1 aromatic heterocycles. The van der Waals surface area contributed by atoms with Gasteiger partial charge in [-0.15, -0.1) is 0 Å². The first-order valence-corrected chi connectivity index (χ1v) is 12.1. The quantitative estimate of drug-likeness (QED) is 0.257. The Bertz CT molecular complexity index is 1780. The fraction of sp³-hybridized carbons (Fsp3) is 0.0333. The number of imidazole rings is 1. The highest BCUT2D eigenvalue weighted by atomic mass is 32.2. The van der Waals surface area contributed by atoms with Gasteiger partial charge in [-0.25, -0.2) is 4.98 Å². The predicted molar refractivity (Wildman–Crippen MR) is 137 cm³/mol. The molecule has 2 heterocycles. The minimum Gasteiger partial charge on any atom is -0.294 e. The van der Waals surface area contributed by atoms with Crippen LogP contribution in [0.25, 0.3) is 60.9 Å². The highest BCUT2D eigenvalue weighted by Crippen LogP contribution is 2.50. The molecule has 0 unspecified atom stereocenters. The van der Waals surface area contributed by atoms with Gasteiger partial charge in [0.05, 0.1) is 16.7 Å². The largest absolute Gasteiger partial charge is 0.294 e. The van der Waals surface area contributed by atoms with Crippen LogP contribution in [0.1, 0.15) is 5.82 Å². The molecule has 0 fully saturated rings. The average Bonchev–Trinajstić information content (AvgIpc) is 3.37. The minimum absolute atomic E-state index is 1.04. The molecule has 0 spiro atoms. The van der Waals surface area contributed by atoms with E-state index < -0.39 is 0 Å². The van der Waals surface area contributed by atoms with Gasteiger partial charge < -0.3 is 0 Å². The molecule has 6 aromatic rings. The molecule has 0 saturated heterocycles.